The van der Waals surface area contributed by atoms with Gasteiger partial charge >= 0.3 is 0 Å². The number of hydrogen-bond donors (Lipinski definition) is 0. The van der Waals surface area contributed by atoms with Gasteiger partial charge in [0.15, 0.2) is 0 Å². The average molecular weight is 311 g/mol. The number of fused-ring (bicyclic) bond motifs is 1. The number of rotatable bonds is 2. The highest BCUT2D eigenvalue weighted by atomic mass is 35.5. The van der Waals surface area contributed by atoms with Crippen molar-refractivity contribution >= 4 is 45.7 Å². The lowest BCUT2D eigenvalue weighted by atomic mass is 10.2. The SMILES string of the molecule is Clc1ccc(Cl)c(Cn2ccc3ccc(Cl)cc32)c1. The zero-order chi connectivity index (χ0) is 13.4. The van der Waals surface area contributed by atoms with Crippen molar-refractivity contribution in [2.45, 2.75) is 6.54 Å². The topological polar surface area (TPSA) is 4.93 Å². The molecule has 1 nitrogen and oxygen atoms in total. The zero-order valence-electron chi connectivity index (χ0n) is 9.91. The maximum Gasteiger partial charge on any atom is 0.0498 e. The van der Waals surface area contributed by atoms with Crippen LogP contribution in [0.15, 0.2) is 48.7 Å². The van der Waals surface area contributed by atoms with Crippen molar-refractivity contribution in [3.05, 3.63) is 69.3 Å². The lowest BCUT2D eigenvalue weighted by Gasteiger charge is -2.08. The summed E-state index contributed by atoms with van der Waals surface area (Å²) >= 11 is 18.3. The van der Waals surface area contributed by atoms with E-state index in [-0.39, 0.29) is 0 Å². The summed E-state index contributed by atoms with van der Waals surface area (Å²) in [5.41, 5.74) is 2.08. The van der Waals surface area contributed by atoms with Crippen molar-refractivity contribution in [1.82, 2.24) is 4.57 Å². The van der Waals surface area contributed by atoms with E-state index in [1.165, 1.54) is 0 Å². The molecule has 2 aromatic carbocycles. The first-order valence-corrected chi connectivity index (χ1v) is 6.95. The molecular weight excluding hydrogens is 301 g/mol. The minimum atomic E-state index is 0.670. The third kappa shape index (κ3) is 2.59. The number of hydrogen-bond acceptors (Lipinski definition) is 0. The maximum atomic E-state index is 6.20. The van der Waals surface area contributed by atoms with Gasteiger partial charge in [0.05, 0.1) is 0 Å². The fourth-order valence-electron chi connectivity index (χ4n) is 2.14. The van der Waals surface area contributed by atoms with Crippen LogP contribution in [-0.4, -0.2) is 4.57 Å². The monoisotopic (exact) mass is 309 g/mol. The Hall–Kier alpha value is -1.15. The molecule has 0 fully saturated rings. The first-order chi connectivity index (χ1) is 9.13. The van der Waals surface area contributed by atoms with Gasteiger partial charge in [0.2, 0.25) is 0 Å². The molecule has 0 spiro atoms. The van der Waals surface area contributed by atoms with Gasteiger partial charge in [-0.05, 0) is 47.3 Å². The minimum absolute atomic E-state index is 0.670. The summed E-state index contributed by atoms with van der Waals surface area (Å²) in [5, 5.41) is 3.29. The van der Waals surface area contributed by atoms with E-state index in [0.717, 1.165) is 21.5 Å². The van der Waals surface area contributed by atoms with E-state index in [1.807, 2.05) is 36.5 Å². The predicted molar refractivity (Wildman–Crippen MR) is 82.5 cm³/mol. The Morgan fingerprint density at radius 2 is 1.58 bits per heavy atom. The number of benzene rings is 2. The van der Waals surface area contributed by atoms with Crippen LogP contribution in [0.25, 0.3) is 10.9 Å². The quantitative estimate of drug-likeness (QED) is 0.576. The summed E-state index contributed by atoms with van der Waals surface area (Å²) in [4.78, 5) is 0. The Labute approximate surface area is 126 Å². The molecule has 1 aromatic heterocycles. The van der Waals surface area contributed by atoms with Crippen LogP contribution >= 0.6 is 34.8 Å². The Bertz CT molecular complexity index is 746. The van der Waals surface area contributed by atoms with Crippen LogP contribution in [0.3, 0.4) is 0 Å². The molecule has 0 saturated carbocycles. The van der Waals surface area contributed by atoms with Crippen LogP contribution < -0.4 is 0 Å². The summed E-state index contributed by atoms with van der Waals surface area (Å²) < 4.78 is 2.11. The standard InChI is InChI=1S/C15H10Cl3N/c16-12-3-4-14(18)11(7-12)9-19-6-5-10-1-2-13(17)8-15(10)19/h1-8H,9H2. The van der Waals surface area contributed by atoms with E-state index in [1.54, 1.807) is 6.07 Å². The molecule has 0 N–H and O–H groups in total. The van der Waals surface area contributed by atoms with Crippen LogP contribution in [0.5, 0.6) is 0 Å². The summed E-state index contributed by atoms with van der Waals surface area (Å²) in [5.74, 6) is 0. The molecule has 0 atom stereocenters. The molecule has 0 unspecified atom stereocenters. The van der Waals surface area contributed by atoms with Crippen molar-refractivity contribution in [3.63, 3.8) is 0 Å². The summed E-state index contributed by atoms with van der Waals surface area (Å²) in [7, 11) is 0. The van der Waals surface area contributed by atoms with Gasteiger partial charge in [-0.2, -0.15) is 0 Å². The molecule has 0 aliphatic heterocycles. The summed E-state index contributed by atoms with van der Waals surface area (Å²) in [6, 6.07) is 13.4. The third-order valence-electron chi connectivity index (χ3n) is 3.08. The lowest BCUT2D eigenvalue weighted by molar-refractivity contribution is 0.837. The van der Waals surface area contributed by atoms with Crippen LogP contribution in [-0.2, 0) is 6.54 Å². The second-order valence-corrected chi connectivity index (χ2v) is 5.66. The summed E-state index contributed by atoms with van der Waals surface area (Å²) in [6.07, 6.45) is 2.03. The van der Waals surface area contributed by atoms with Crippen molar-refractivity contribution in [2.75, 3.05) is 0 Å². The molecule has 3 aromatic rings. The van der Waals surface area contributed by atoms with Gasteiger partial charge < -0.3 is 4.57 Å². The van der Waals surface area contributed by atoms with E-state index in [9.17, 15) is 0 Å². The number of nitrogens with zero attached hydrogens (tertiary/aromatic N) is 1. The molecular formula is C15H10Cl3N. The normalized spacial score (nSPS) is 11.1. The van der Waals surface area contributed by atoms with Gasteiger partial charge in [-0.25, -0.2) is 0 Å². The lowest BCUT2D eigenvalue weighted by Crippen LogP contribution is -1.98. The third-order valence-corrected chi connectivity index (χ3v) is 3.92. The first-order valence-electron chi connectivity index (χ1n) is 5.82. The van der Waals surface area contributed by atoms with Gasteiger partial charge in [-0.15, -0.1) is 0 Å². The van der Waals surface area contributed by atoms with Gasteiger partial charge in [-0.1, -0.05) is 40.9 Å². The minimum Gasteiger partial charge on any atom is -0.343 e. The fourth-order valence-corrected chi connectivity index (χ4v) is 2.68. The summed E-state index contributed by atoms with van der Waals surface area (Å²) in [6.45, 7) is 0.670. The van der Waals surface area contributed by atoms with Crippen LogP contribution in [0.4, 0.5) is 0 Å². The van der Waals surface area contributed by atoms with Gasteiger partial charge in [0.25, 0.3) is 0 Å². The Kier molecular flexibility index (Phi) is 3.44. The number of aromatic nitrogens is 1. The second-order valence-electron chi connectivity index (χ2n) is 4.38. The first kappa shape index (κ1) is 12.9. The van der Waals surface area contributed by atoms with Crippen LogP contribution in [0.1, 0.15) is 5.56 Å². The Balaban J connectivity index is 2.05. The average Bonchev–Trinajstić information content (AvgIpc) is 2.77. The molecule has 0 bridgehead atoms. The molecule has 0 radical (unpaired) electrons. The maximum absolute atomic E-state index is 6.20. The molecule has 19 heavy (non-hydrogen) atoms. The van der Waals surface area contributed by atoms with Crippen LogP contribution in [0, 0.1) is 0 Å². The van der Waals surface area contributed by atoms with Crippen molar-refractivity contribution < 1.29 is 0 Å². The van der Waals surface area contributed by atoms with E-state index in [4.69, 9.17) is 34.8 Å². The highest BCUT2D eigenvalue weighted by Gasteiger charge is 2.06. The largest absolute Gasteiger partial charge is 0.343 e. The number of halogens is 3. The zero-order valence-corrected chi connectivity index (χ0v) is 12.2. The molecule has 0 aliphatic rings. The molecule has 1 heterocycles. The smallest absolute Gasteiger partial charge is 0.0498 e. The van der Waals surface area contributed by atoms with Gasteiger partial charge in [-0.3, -0.25) is 0 Å². The predicted octanol–water partition coefficient (Wildman–Crippen LogP) is 5.65. The molecule has 3 rings (SSSR count). The van der Waals surface area contributed by atoms with E-state index < -0.39 is 0 Å². The Morgan fingerprint density at radius 1 is 0.842 bits per heavy atom. The van der Waals surface area contributed by atoms with E-state index in [2.05, 4.69) is 10.6 Å². The van der Waals surface area contributed by atoms with Gasteiger partial charge in [0.1, 0.15) is 0 Å². The van der Waals surface area contributed by atoms with Crippen molar-refractivity contribution in [2.24, 2.45) is 0 Å². The van der Waals surface area contributed by atoms with E-state index >= 15 is 0 Å². The molecule has 0 saturated heterocycles. The molecule has 96 valence electrons. The van der Waals surface area contributed by atoms with Crippen LogP contribution in [0.2, 0.25) is 15.1 Å². The van der Waals surface area contributed by atoms with E-state index in [0.29, 0.717) is 16.6 Å². The molecule has 4 heteroatoms. The second kappa shape index (κ2) is 5.09. The highest BCUT2D eigenvalue weighted by molar-refractivity contribution is 6.33. The highest BCUT2D eigenvalue weighted by Crippen LogP contribution is 2.25. The van der Waals surface area contributed by atoms with Crippen molar-refractivity contribution in [1.29, 1.82) is 0 Å². The van der Waals surface area contributed by atoms with Crippen molar-refractivity contribution in [3.8, 4) is 0 Å². The van der Waals surface area contributed by atoms with Gasteiger partial charge in [0, 0.05) is 33.3 Å². The molecule has 0 aliphatic carbocycles. The Morgan fingerprint density at radius 3 is 2.42 bits per heavy atom. The molecule has 0 amide bonds. The fraction of sp³-hybridized carbons (Fsp3) is 0.0667.